The van der Waals surface area contributed by atoms with Crippen LogP contribution >= 0.6 is 0 Å². The number of amides is 3. The van der Waals surface area contributed by atoms with Gasteiger partial charge in [0.25, 0.3) is 0 Å². The number of ether oxygens (including phenoxy) is 2. The molecule has 0 saturated heterocycles. The molecule has 8 heteroatoms. The zero-order valence-corrected chi connectivity index (χ0v) is 19.5. The summed E-state index contributed by atoms with van der Waals surface area (Å²) in [7, 11) is 1.53. The Bertz CT molecular complexity index is 837. The van der Waals surface area contributed by atoms with Crippen LogP contribution in [0.5, 0.6) is 0 Å². The van der Waals surface area contributed by atoms with E-state index >= 15 is 0 Å². The zero-order valence-electron chi connectivity index (χ0n) is 19.5. The van der Waals surface area contributed by atoms with E-state index in [2.05, 4.69) is 17.6 Å². The fourth-order valence-corrected chi connectivity index (χ4v) is 3.64. The number of urea groups is 1. The molecule has 32 heavy (non-hydrogen) atoms. The number of unbranched alkanes of at least 4 members (excludes halogenated alkanes) is 2. The van der Waals surface area contributed by atoms with Gasteiger partial charge in [0.15, 0.2) is 0 Å². The Hall–Kier alpha value is -2.87. The van der Waals surface area contributed by atoms with Gasteiger partial charge in [0.1, 0.15) is 6.61 Å². The Kier molecular flexibility index (Phi) is 10.2. The molecule has 1 aromatic carbocycles. The van der Waals surface area contributed by atoms with Gasteiger partial charge in [-0.2, -0.15) is 0 Å². The van der Waals surface area contributed by atoms with E-state index in [0.717, 1.165) is 25.7 Å². The standard InChI is InChI=1S/C24H35N3O5/c1-5-7-8-12-20(28)25-19-11-9-10-18(16-19)22-21(23(29)32-15-14-31-4)17(3)27(13-6-2)24(30)26-22/h9-11,16,22H,5-8,12-15H2,1-4H3,(H,25,28)(H,26,30). The van der Waals surface area contributed by atoms with E-state index in [0.29, 0.717) is 35.5 Å². The van der Waals surface area contributed by atoms with Gasteiger partial charge in [-0.3, -0.25) is 9.69 Å². The Morgan fingerprint density at radius 2 is 1.94 bits per heavy atom. The summed E-state index contributed by atoms with van der Waals surface area (Å²) in [6.07, 6.45) is 4.11. The highest BCUT2D eigenvalue weighted by Gasteiger charge is 2.36. The largest absolute Gasteiger partial charge is 0.460 e. The Balaban J connectivity index is 2.31. The SMILES string of the molecule is CCCCCC(=O)Nc1cccc(C2NC(=O)N(CCC)C(C)=C2C(=O)OCCOC)c1. The van der Waals surface area contributed by atoms with Crippen molar-refractivity contribution in [2.75, 3.05) is 32.2 Å². The smallest absolute Gasteiger partial charge is 0.338 e. The maximum atomic E-state index is 12.9. The van der Waals surface area contributed by atoms with E-state index in [1.807, 2.05) is 13.0 Å². The summed E-state index contributed by atoms with van der Waals surface area (Å²) in [6, 6.07) is 6.25. The first-order chi connectivity index (χ1) is 15.4. The number of anilines is 1. The molecule has 1 aliphatic rings. The second-order valence-electron chi connectivity index (χ2n) is 7.79. The van der Waals surface area contributed by atoms with Gasteiger partial charge in [0, 0.05) is 31.5 Å². The van der Waals surface area contributed by atoms with Crippen molar-refractivity contribution in [2.24, 2.45) is 0 Å². The highest BCUT2D eigenvalue weighted by Crippen LogP contribution is 2.32. The summed E-state index contributed by atoms with van der Waals surface area (Å²) in [5, 5.41) is 5.83. The van der Waals surface area contributed by atoms with E-state index < -0.39 is 12.0 Å². The summed E-state index contributed by atoms with van der Waals surface area (Å²) >= 11 is 0. The quantitative estimate of drug-likeness (QED) is 0.372. The van der Waals surface area contributed by atoms with Crippen molar-refractivity contribution in [3.63, 3.8) is 0 Å². The van der Waals surface area contributed by atoms with Gasteiger partial charge in [-0.1, -0.05) is 38.8 Å². The van der Waals surface area contributed by atoms with Crippen LogP contribution in [0.1, 0.15) is 64.5 Å². The van der Waals surface area contributed by atoms with Crippen molar-refractivity contribution < 1.29 is 23.9 Å². The number of benzene rings is 1. The third kappa shape index (κ3) is 6.82. The number of hydrogen-bond donors (Lipinski definition) is 2. The van der Waals surface area contributed by atoms with Crippen LogP contribution in [0.25, 0.3) is 0 Å². The number of methoxy groups -OCH3 is 1. The average Bonchev–Trinajstić information content (AvgIpc) is 2.76. The molecule has 0 radical (unpaired) electrons. The van der Waals surface area contributed by atoms with Crippen molar-refractivity contribution in [3.8, 4) is 0 Å². The fourth-order valence-electron chi connectivity index (χ4n) is 3.64. The van der Waals surface area contributed by atoms with Crippen molar-refractivity contribution >= 4 is 23.6 Å². The summed E-state index contributed by atoms with van der Waals surface area (Å²) in [6.45, 7) is 6.72. The molecule has 176 valence electrons. The molecular weight excluding hydrogens is 410 g/mol. The lowest BCUT2D eigenvalue weighted by atomic mass is 9.94. The predicted molar refractivity (Wildman–Crippen MR) is 123 cm³/mol. The summed E-state index contributed by atoms with van der Waals surface area (Å²) in [5.41, 5.74) is 2.26. The molecule has 0 fully saturated rings. The lowest BCUT2D eigenvalue weighted by Crippen LogP contribution is -2.48. The van der Waals surface area contributed by atoms with Crippen LogP contribution in [-0.4, -0.2) is 49.7 Å². The topological polar surface area (TPSA) is 97.0 Å². The molecule has 0 aliphatic carbocycles. The third-order valence-corrected chi connectivity index (χ3v) is 5.30. The zero-order chi connectivity index (χ0) is 23.5. The first kappa shape index (κ1) is 25.4. The second-order valence-corrected chi connectivity index (χ2v) is 7.79. The van der Waals surface area contributed by atoms with Crippen molar-refractivity contribution in [1.29, 1.82) is 0 Å². The first-order valence-corrected chi connectivity index (χ1v) is 11.3. The number of allylic oxidation sites excluding steroid dienone is 1. The van der Waals surface area contributed by atoms with E-state index in [9.17, 15) is 14.4 Å². The normalized spacial score (nSPS) is 16.1. The lowest BCUT2D eigenvalue weighted by molar-refractivity contribution is -0.141. The minimum absolute atomic E-state index is 0.0525. The van der Waals surface area contributed by atoms with E-state index in [4.69, 9.17) is 9.47 Å². The second kappa shape index (κ2) is 12.9. The molecule has 2 N–H and O–H groups in total. The van der Waals surface area contributed by atoms with Crippen LogP contribution in [0, 0.1) is 0 Å². The number of carbonyl (C=O) groups is 3. The molecule has 1 heterocycles. The van der Waals surface area contributed by atoms with Gasteiger partial charge in [-0.25, -0.2) is 9.59 Å². The fraction of sp³-hybridized carbons (Fsp3) is 0.542. The number of carbonyl (C=O) groups excluding carboxylic acids is 3. The molecule has 0 bridgehead atoms. The predicted octanol–water partition coefficient (Wildman–Crippen LogP) is 4.15. The highest BCUT2D eigenvalue weighted by molar-refractivity contribution is 5.95. The lowest BCUT2D eigenvalue weighted by Gasteiger charge is -2.35. The van der Waals surface area contributed by atoms with Crippen LogP contribution in [-0.2, 0) is 19.1 Å². The molecule has 0 aromatic heterocycles. The van der Waals surface area contributed by atoms with Gasteiger partial charge < -0.3 is 20.1 Å². The molecule has 8 nitrogen and oxygen atoms in total. The molecule has 3 amide bonds. The molecule has 1 aliphatic heterocycles. The number of hydrogen-bond acceptors (Lipinski definition) is 5. The number of rotatable bonds is 12. The van der Waals surface area contributed by atoms with Gasteiger partial charge >= 0.3 is 12.0 Å². The first-order valence-electron chi connectivity index (χ1n) is 11.3. The molecule has 0 spiro atoms. The molecule has 1 unspecified atom stereocenters. The van der Waals surface area contributed by atoms with Gasteiger partial charge in [0.05, 0.1) is 18.2 Å². The summed E-state index contributed by atoms with van der Waals surface area (Å²) in [4.78, 5) is 39.5. The van der Waals surface area contributed by atoms with Crippen molar-refractivity contribution in [3.05, 3.63) is 41.1 Å². The minimum atomic E-state index is -0.678. The third-order valence-electron chi connectivity index (χ3n) is 5.30. The van der Waals surface area contributed by atoms with Crippen molar-refractivity contribution in [1.82, 2.24) is 10.2 Å². The monoisotopic (exact) mass is 445 g/mol. The Labute approximate surface area is 190 Å². The van der Waals surface area contributed by atoms with E-state index in [1.165, 1.54) is 7.11 Å². The van der Waals surface area contributed by atoms with Crippen LogP contribution < -0.4 is 10.6 Å². The highest BCUT2D eigenvalue weighted by atomic mass is 16.6. The van der Waals surface area contributed by atoms with Gasteiger partial charge in [0.2, 0.25) is 5.91 Å². The van der Waals surface area contributed by atoms with Crippen LogP contribution in [0.15, 0.2) is 35.5 Å². The van der Waals surface area contributed by atoms with Crippen LogP contribution in [0.2, 0.25) is 0 Å². The number of esters is 1. The summed E-state index contributed by atoms with van der Waals surface area (Å²) < 4.78 is 10.4. The van der Waals surface area contributed by atoms with Crippen molar-refractivity contribution in [2.45, 2.75) is 58.9 Å². The summed E-state index contributed by atoms with van der Waals surface area (Å²) in [5.74, 6) is -0.553. The Morgan fingerprint density at radius 1 is 1.16 bits per heavy atom. The molecule has 1 atom stereocenters. The molecule has 2 rings (SSSR count). The van der Waals surface area contributed by atoms with Gasteiger partial charge in [-0.15, -0.1) is 0 Å². The molecule has 0 saturated carbocycles. The number of nitrogens with one attached hydrogen (secondary N) is 2. The molecular formula is C24H35N3O5. The number of nitrogens with zero attached hydrogens (tertiary/aromatic N) is 1. The average molecular weight is 446 g/mol. The van der Waals surface area contributed by atoms with E-state index in [1.54, 1.807) is 30.0 Å². The maximum absolute atomic E-state index is 12.9. The maximum Gasteiger partial charge on any atom is 0.338 e. The van der Waals surface area contributed by atoms with Crippen LogP contribution in [0.4, 0.5) is 10.5 Å². The minimum Gasteiger partial charge on any atom is -0.460 e. The van der Waals surface area contributed by atoms with Crippen LogP contribution in [0.3, 0.4) is 0 Å². The van der Waals surface area contributed by atoms with Gasteiger partial charge in [-0.05, 0) is 37.5 Å². The Morgan fingerprint density at radius 3 is 2.62 bits per heavy atom. The van der Waals surface area contributed by atoms with E-state index in [-0.39, 0.29) is 25.2 Å². The molecule has 1 aromatic rings.